The molecule has 2 heterocycles. The van der Waals surface area contributed by atoms with E-state index < -0.39 is 0 Å². The molecule has 3 heteroatoms. The van der Waals surface area contributed by atoms with Crippen LogP contribution in [0.3, 0.4) is 0 Å². The van der Waals surface area contributed by atoms with Gasteiger partial charge in [0.25, 0.3) is 0 Å². The summed E-state index contributed by atoms with van der Waals surface area (Å²) in [6, 6.07) is 11.3. The van der Waals surface area contributed by atoms with Crippen molar-refractivity contribution in [3.8, 4) is 0 Å². The highest BCUT2D eigenvalue weighted by Crippen LogP contribution is 2.46. The summed E-state index contributed by atoms with van der Waals surface area (Å²) in [5.41, 5.74) is 4.40. The number of allylic oxidation sites excluding steroid dienone is 3. The lowest BCUT2D eigenvalue weighted by atomic mass is 9.84. The zero-order chi connectivity index (χ0) is 23.2. The van der Waals surface area contributed by atoms with Crippen molar-refractivity contribution in [2.24, 2.45) is 11.8 Å². The Balaban J connectivity index is 1.58. The normalized spacial score (nSPS) is 23.8. The Morgan fingerprint density at radius 2 is 1.76 bits per heavy atom. The average molecular weight is 447 g/mol. The monoisotopic (exact) mass is 446 g/mol. The van der Waals surface area contributed by atoms with Crippen LogP contribution in [-0.2, 0) is 11.2 Å². The van der Waals surface area contributed by atoms with Crippen molar-refractivity contribution < 1.29 is 4.74 Å². The number of nitrogens with zero attached hydrogens (tertiary/aromatic N) is 2. The lowest BCUT2D eigenvalue weighted by molar-refractivity contribution is 0.113. The van der Waals surface area contributed by atoms with Gasteiger partial charge in [-0.25, -0.2) is 0 Å². The van der Waals surface area contributed by atoms with E-state index in [2.05, 4.69) is 98.3 Å². The Labute approximate surface area is 201 Å². The minimum absolute atomic E-state index is 0.304. The van der Waals surface area contributed by atoms with Crippen molar-refractivity contribution in [2.75, 3.05) is 13.1 Å². The van der Waals surface area contributed by atoms with Crippen LogP contribution < -0.4 is 0 Å². The van der Waals surface area contributed by atoms with Crippen molar-refractivity contribution in [3.05, 3.63) is 83.6 Å². The molecule has 3 aliphatic rings. The summed E-state index contributed by atoms with van der Waals surface area (Å²) in [5, 5.41) is 0. The molecule has 0 saturated carbocycles. The van der Waals surface area contributed by atoms with Gasteiger partial charge in [0, 0.05) is 42.5 Å². The van der Waals surface area contributed by atoms with Gasteiger partial charge in [0.15, 0.2) is 0 Å². The standard InChI is InChI=1S/C30H42N2O/c1-5-8-19-31-21-18-28-27-17-16-26(33-25(6-2)7-3)22-29(27)32(30(28)23(31)4)20-12-15-24-13-10-9-11-14-24/h9-11,13-14,16-18,21-22,25,27-29H,5-8,12,15,19-20H2,1-4H3. The van der Waals surface area contributed by atoms with Gasteiger partial charge >= 0.3 is 0 Å². The van der Waals surface area contributed by atoms with Crippen molar-refractivity contribution in [2.45, 2.75) is 78.4 Å². The van der Waals surface area contributed by atoms with Crippen LogP contribution in [0.2, 0.25) is 0 Å². The average Bonchev–Trinajstić information content (AvgIpc) is 3.16. The molecule has 3 atom stereocenters. The van der Waals surface area contributed by atoms with E-state index in [1.165, 1.54) is 29.8 Å². The number of hydrogen-bond donors (Lipinski definition) is 0. The third-order valence-corrected chi connectivity index (χ3v) is 7.56. The SMILES string of the molecule is CCCCN1C=CC2C(=C1C)N(CCCc1ccccc1)C1C=C(OC(CC)CC)C=CC21. The second-order valence-corrected chi connectivity index (χ2v) is 9.72. The predicted octanol–water partition coefficient (Wildman–Crippen LogP) is 7.06. The molecule has 0 bridgehead atoms. The van der Waals surface area contributed by atoms with Crippen LogP contribution in [0.5, 0.6) is 0 Å². The highest BCUT2D eigenvalue weighted by Gasteiger charge is 2.45. The molecule has 33 heavy (non-hydrogen) atoms. The number of rotatable bonds is 11. The van der Waals surface area contributed by atoms with Gasteiger partial charge in [0.1, 0.15) is 5.76 Å². The first-order chi connectivity index (χ1) is 16.2. The van der Waals surface area contributed by atoms with Crippen molar-refractivity contribution in [1.82, 2.24) is 9.80 Å². The summed E-state index contributed by atoms with van der Waals surface area (Å²) in [4.78, 5) is 5.18. The maximum Gasteiger partial charge on any atom is 0.117 e. The van der Waals surface area contributed by atoms with Gasteiger partial charge in [0.05, 0.1) is 12.1 Å². The minimum atomic E-state index is 0.304. The Morgan fingerprint density at radius 3 is 2.48 bits per heavy atom. The minimum Gasteiger partial charge on any atom is -0.491 e. The fourth-order valence-electron chi connectivity index (χ4n) is 5.61. The highest BCUT2D eigenvalue weighted by molar-refractivity contribution is 5.38. The molecule has 1 saturated heterocycles. The third kappa shape index (κ3) is 5.23. The molecule has 4 rings (SSSR count). The predicted molar refractivity (Wildman–Crippen MR) is 138 cm³/mol. The van der Waals surface area contributed by atoms with Crippen LogP contribution in [0.1, 0.15) is 65.4 Å². The smallest absolute Gasteiger partial charge is 0.117 e. The number of ether oxygens (including phenoxy) is 1. The molecule has 0 aromatic heterocycles. The Kier molecular flexibility index (Phi) is 8.01. The van der Waals surface area contributed by atoms with Gasteiger partial charge in [-0.2, -0.15) is 0 Å². The fraction of sp³-hybridized carbons (Fsp3) is 0.533. The summed E-state index contributed by atoms with van der Waals surface area (Å²) in [6.45, 7) is 11.2. The van der Waals surface area contributed by atoms with Crippen LogP contribution in [0.15, 0.2) is 78.0 Å². The van der Waals surface area contributed by atoms with Gasteiger partial charge in [-0.15, -0.1) is 0 Å². The van der Waals surface area contributed by atoms with Crippen molar-refractivity contribution in [1.29, 1.82) is 0 Å². The van der Waals surface area contributed by atoms with Gasteiger partial charge in [0.2, 0.25) is 0 Å². The Morgan fingerprint density at radius 1 is 0.970 bits per heavy atom. The maximum absolute atomic E-state index is 6.38. The molecule has 1 aliphatic carbocycles. The highest BCUT2D eigenvalue weighted by atomic mass is 16.5. The molecule has 1 aromatic carbocycles. The molecule has 3 unspecified atom stereocenters. The quantitative estimate of drug-likeness (QED) is 0.362. The first-order valence-electron chi connectivity index (χ1n) is 13.2. The molecule has 0 radical (unpaired) electrons. The van der Waals surface area contributed by atoms with E-state index in [4.69, 9.17) is 4.74 Å². The van der Waals surface area contributed by atoms with Crippen LogP contribution in [0, 0.1) is 11.8 Å². The topological polar surface area (TPSA) is 15.7 Å². The second kappa shape index (κ2) is 11.1. The van der Waals surface area contributed by atoms with Crippen LogP contribution in [0.25, 0.3) is 0 Å². The van der Waals surface area contributed by atoms with Crippen molar-refractivity contribution >= 4 is 0 Å². The molecular weight excluding hydrogens is 404 g/mol. The van der Waals surface area contributed by atoms with E-state index in [-0.39, 0.29) is 0 Å². The summed E-state index contributed by atoms with van der Waals surface area (Å²) in [6.07, 6.45) is 19.0. The molecule has 1 aromatic rings. The van der Waals surface area contributed by atoms with Gasteiger partial charge in [-0.05, 0) is 56.7 Å². The maximum atomic E-state index is 6.38. The fourth-order valence-corrected chi connectivity index (χ4v) is 5.61. The first kappa shape index (κ1) is 23.7. The largest absolute Gasteiger partial charge is 0.491 e. The Hall–Kier alpha value is -2.42. The molecule has 0 spiro atoms. The van der Waals surface area contributed by atoms with Crippen LogP contribution in [-0.4, -0.2) is 35.0 Å². The summed E-state index contributed by atoms with van der Waals surface area (Å²) >= 11 is 0. The van der Waals surface area contributed by atoms with Crippen LogP contribution >= 0.6 is 0 Å². The van der Waals surface area contributed by atoms with Gasteiger partial charge in [-0.1, -0.05) is 69.7 Å². The lowest BCUT2D eigenvalue weighted by Crippen LogP contribution is -2.34. The van der Waals surface area contributed by atoms with E-state index in [1.807, 2.05) is 0 Å². The van der Waals surface area contributed by atoms with Gasteiger partial charge in [-0.3, -0.25) is 0 Å². The van der Waals surface area contributed by atoms with Gasteiger partial charge < -0.3 is 14.5 Å². The molecule has 178 valence electrons. The number of likely N-dealkylation sites (tertiary alicyclic amines) is 1. The lowest BCUT2D eigenvalue weighted by Gasteiger charge is -2.34. The van der Waals surface area contributed by atoms with E-state index in [1.54, 1.807) is 0 Å². The number of aryl methyl sites for hydroxylation is 1. The zero-order valence-corrected chi connectivity index (χ0v) is 21.0. The number of benzene rings is 1. The second-order valence-electron chi connectivity index (χ2n) is 9.72. The molecule has 3 nitrogen and oxygen atoms in total. The summed E-state index contributed by atoms with van der Waals surface area (Å²) < 4.78 is 6.38. The summed E-state index contributed by atoms with van der Waals surface area (Å²) in [7, 11) is 0. The third-order valence-electron chi connectivity index (χ3n) is 7.56. The van der Waals surface area contributed by atoms with E-state index in [9.17, 15) is 0 Å². The summed E-state index contributed by atoms with van der Waals surface area (Å²) in [5.74, 6) is 2.01. The first-order valence-corrected chi connectivity index (χ1v) is 13.2. The zero-order valence-electron chi connectivity index (χ0n) is 21.0. The Bertz CT molecular complexity index is 893. The molecule has 0 amide bonds. The van der Waals surface area contributed by atoms with E-state index >= 15 is 0 Å². The number of fused-ring (bicyclic) bond motifs is 3. The number of unbranched alkanes of at least 4 members (excludes halogenated alkanes) is 1. The molecule has 1 fully saturated rings. The molecule has 0 N–H and O–H groups in total. The van der Waals surface area contributed by atoms with E-state index in [0.717, 1.165) is 44.5 Å². The van der Waals surface area contributed by atoms with E-state index in [0.29, 0.717) is 24.0 Å². The number of hydrogen-bond acceptors (Lipinski definition) is 3. The molecule has 2 aliphatic heterocycles. The molecular formula is C30H42N2O. The van der Waals surface area contributed by atoms with Crippen molar-refractivity contribution in [3.63, 3.8) is 0 Å². The van der Waals surface area contributed by atoms with Crippen LogP contribution in [0.4, 0.5) is 0 Å².